The molecule has 2 aromatic carbocycles. The van der Waals surface area contributed by atoms with Crippen LogP contribution in [0, 0.1) is 0 Å². The third-order valence-electron chi connectivity index (χ3n) is 5.43. The van der Waals surface area contributed by atoms with Gasteiger partial charge in [-0.15, -0.1) is 0 Å². The topological polar surface area (TPSA) is 15.6 Å². The molecule has 3 rings (SSSR count). The minimum Gasteiger partial charge on any atom is -0.366 e. The lowest BCUT2D eigenvalue weighted by atomic mass is 9.79. The van der Waals surface area contributed by atoms with Crippen LogP contribution >= 0.6 is 0 Å². The van der Waals surface area contributed by atoms with Crippen LogP contribution in [0.1, 0.15) is 63.6 Å². The van der Waals surface area contributed by atoms with Gasteiger partial charge in [-0.3, -0.25) is 4.99 Å². The maximum atomic E-state index is 4.66. The molecule has 0 fully saturated rings. The fourth-order valence-electron chi connectivity index (χ4n) is 4.15. The first-order chi connectivity index (χ1) is 11.9. The maximum absolute atomic E-state index is 4.66. The molecule has 1 aliphatic rings. The molecular weight excluding hydrogens is 304 g/mol. The quantitative estimate of drug-likeness (QED) is 0.616. The summed E-state index contributed by atoms with van der Waals surface area (Å²) in [5.41, 5.74) is 6.60. The molecule has 0 spiro atoms. The first-order valence-corrected chi connectivity index (χ1v) is 9.49. The second kappa shape index (κ2) is 7.03. The predicted octanol–water partition coefficient (Wildman–Crippen LogP) is 6.11. The Labute approximate surface area is 152 Å². The summed E-state index contributed by atoms with van der Waals surface area (Å²) in [7, 11) is 0. The van der Waals surface area contributed by atoms with Crippen LogP contribution in [0.15, 0.2) is 47.5 Å². The monoisotopic (exact) mass is 334 g/mol. The predicted molar refractivity (Wildman–Crippen MR) is 110 cm³/mol. The first kappa shape index (κ1) is 17.7. The molecule has 1 heterocycles. The summed E-state index contributed by atoms with van der Waals surface area (Å²) in [5.74, 6) is 0.574. The van der Waals surface area contributed by atoms with Crippen molar-refractivity contribution in [3.63, 3.8) is 0 Å². The summed E-state index contributed by atoms with van der Waals surface area (Å²) in [6.45, 7) is 12.5. The zero-order valence-corrected chi connectivity index (χ0v) is 16.2. The third kappa shape index (κ3) is 3.63. The van der Waals surface area contributed by atoms with Gasteiger partial charge in [0.2, 0.25) is 0 Å². The highest BCUT2D eigenvalue weighted by Crippen LogP contribution is 2.43. The van der Waals surface area contributed by atoms with Gasteiger partial charge in [-0.2, -0.15) is 0 Å². The average Bonchev–Trinajstić information content (AvgIpc) is 2.60. The van der Waals surface area contributed by atoms with E-state index in [9.17, 15) is 0 Å². The normalized spacial score (nSPS) is 19.2. The van der Waals surface area contributed by atoms with Gasteiger partial charge >= 0.3 is 0 Å². The fraction of sp³-hybridized carbons (Fsp3) is 0.435. The zero-order chi connectivity index (χ0) is 18.0. The Hall–Kier alpha value is -2.09. The van der Waals surface area contributed by atoms with Crippen molar-refractivity contribution in [1.82, 2.24) is 0 Å². The van der Waals surface area contributed by atoms with Crippen molar-refractivity contribution in [2.24, 2.45) is 4.99 Å². The molecule has 2 heteroatoms. The van der Waals surface area contributed by atoms with Crippen LogP contribution in [0.2, 0.25) is 0 Å². The molecule has 0 saturated heterocycles. The van der Waals surface area contributed by atoms with Crippen LogP contribution in [-0.4, -0.2) is 18.3 Å². The van der Waals surface area contributed by atoms with Crippen LogP contribution < -0.4 is 4.90 Å². The van der Waals surface area contributed by atoms with E-state index in [-0.39, 0.29) is 5.54 Å². The largest absolute Gasteiger partial charge is 0.366 e. The Morgan fingerprint density at radius 1 is 1.12 bits per heavy atom. The van der Waals surface area contributed by atoms with Crippen molar-refractivity contribution in [3.8, 4) is 0 Å². The number of rotatable bonds is 4. The van der Waals surface area contributed by atoms with Crippen molar-refractivity contribution in [2.75, 3.05) is 11.4 Å². The summed E-state index contributed by atoms with van der Waals surface area (Å²) >= 11 is 0. The lowest BCUT2D eigenvalue weighted by Crippen LogP contribution is -2.48. The molecule has 1 atom stereocenters. The molecule has 132 valence electrons. The molecule has 0 amide bonds. The van der Waals surface area contributed by atoms with Crippen molar-refractivity contribution < 1.29 is 0 Å². The van der Waals surface area contributed by atoms with E-state index in [1.54, 1.807) is 0 Å². The second-order valence-corrected chi connectivity index (χ2v) is 7.76. The number of benzene rings is 2. The molecule has 0 N–H and O–H groups in total. The number of aliphatic imine (C=N–C) groups is 1. The van der Waals surface area contributed by atoms with Crippen LogP contribution in [0.4, 0.5) is 11.4 Å². The first-order valence-electron chi connectivity index (χ1n) is 9.49. The lowest BCUT2D eigenvalue weighted by molar-refractivity contribution is 0.381. The van der Waals surface area contributed by atoms with Crippen LogP contribution in [-0.2, 0) is 6.42 Å². The van der Waals surface area contributed by atoms with E-state index in [0.717, 1.165) is 18.7 Å². The third-order valence-corrected chi connectivity index (χ3v) is 5.43. The van der Waals surface area contributed by atoms with Crippen molar-refractivity contribution in [1.29, 1.82) is 0 Å². The zero-order valence-electron chi connectivity index (χ0n) is 16.2. The maximum Gasteiger partial charge on any atom is 0.0630 e. The molecular formula is C23H30N2. The van der Waals surface area contributed by atoms with E-state index in [2.05, 4.69) is 87.0 Å². The van der Waals surface area contributed by atoms with Gasteiger partial charge in [-0.25, -0.2) is 0 Å². The Bertz CT molecular complexity index is 756. The van der Waals surface area contributed by atoms with E-state index in [1.165, 1.54) is 28.8 Å². The summed E-state index contributed by atoms with van der Waals surface area (Å²) in [6, 6.07) is 15.3. The summed E-state index contributed by atoms with van der Waals surface area (Å²) in [4.78, 5) is 7.19. The molecule has 0 unspecified atom stereocenters. The van der Waals surface area contributed by atoms with Gasteiger partial charge < -0.3 is 4.90 Å². The molecule has 0 radical (unpaired) electrons. The molecule has 25 heavy (non-hydrogen) atoms. The van der Waals surface area contributed by atoms with Gasteiger partial charge in [0.1, 0.15) is 0 Å². The van der Waals surface area contributed by atoms with Crippen molar-refractivity contribution in [2.45, 2.75) is 58.9 Å². The Balaban J connectivity index is 1.87. The van der Waals surface area contributed by atoms with Crippen LogP contribution in [0.3, 0.4) is 0 Å². The van der Waals surface area contributed by atoms with Crippen molar-refractivity contribution >= 4 is 17.6 Å². The fourth-order valence-corrected chi connectivity index (χ4v) is 4.15. The van der Waals surface area contributed by atoms with E-state index in [0.29, 0.717) is 5.92 Å². The van der Waals surface area contributed by atoms with Gasteiger partial charge in [0.15, 0.2) is 0 Å². The van der Waals surface area contributed by atoms with Crippen LogP contribution in [0.25, 0.3) is 0 Å². The van der Waals surface area contributed by atoms with E-state index >= 15 is 0 Å². The highest BCUT2D eigenvalue weighted by Gasteiger charge is 2.35. The van der Waals surface area contributed by atoms with Gasteiger partial charge in [0.25, 0.3) is 0 Å². The van der Waals surface area contributed by atoms with Gasteiger partial charge in [0, 0.05) is 24.0 Å². The lowest BCUT2D eigenvalue weighted by Gasteiger charge is -2.47. The summed E-state index contributed by atoms with van der Waals surface area (Å²) in [6.07, 6.45) is 4.24. The molecule has 0 aliphatic carbocycles. The van der Waals surface area contributed by atoms with Crippen LogP contribution in [0.5, 0.6) is 0 Å². The van der Waals surface area contributed by atoms with E-state index < -0.39 is 0 Å². The molecule has 0 saturated carbocycles. The van der Waals surface area contributed by atoms with Gasteiger partial charge in [-0.05, 0) is 80.5 Å². The van der Waals surface area contributed by atoms with E-state index in [4.69, 9.17) is 0 Å². The number of hydrogen-bond donors (Lipinski definition) is 0. The summed E-state index contributed by atoms with van der Waals surface area (Å²) < 4.78 is 0. The second-order valence-electron chi connectivity index (χ2n) is 7.76. The Morgan fingerprint density at radius 2 is 1.84 bits per heavy atom. The SMILES string of the molecule is CCc1ccc(N=Cc2ccc3c(c2)[C@H](C)CC(C)(C)N3CC)cc1. The number of nitrogens with zero attached hydrogens (tertiary/aromatic N) is 2. The smallest absolute Gasteiger partial charge is 0.0630 e. The standard InChI is InChI=1S/C23H30N2/c1-6-18-8-11-20(12-9-18)24-16-19-10-13-22-21(14-19)17(3)15-23(4,5)25(22)7-2/h8-14,16-17H,6-7,15H2,1-5H3/t17-/m1/s1. The van der Waals surface area contributed by atoms with Gasteiger partial charge in [-0.1, -0.05) is 32.0 Å². The van der Waals surface area contributed by atoms with E-state index in [1.807, 2.05) is 6.21 Å². The van der Waals surface area contributed by atoms with Gasteiger partial charge in [0.05, 0.1) is 5.69 Å². The van der Waals surface area contributed by atoms with Crippen molar-refractivity contribution in [3.05, 3.63) is 59.2 Å². The number of aryl methyl sites for hydroxylation is 1. The minimum atomic E-state index is 0.220. The molecule has 0 bridgehead atoms. The average molecular weight is 335 g/mol. The highest BCUT2D eigenvalue weighted by molar-refractivity contribution is 5.83. The molecule has 2 aromatic rings. The Morgan fingerprint density at radius 3 is 2.48 bits per heavy atom. The number of fused-ring (bicyclic) bond motifs is 1. The minimum absolute atomic E-state index is 0.220. The Kier molecular flexibility index (Phi) is 4.99. The molecule has 2 nitrogen and oxygen atoms in total. The highest BCUT2D eigenvalue weighted by atomic mass is 15.2. The summed E-state index contributed by atoms with van der Waals surface area (Å²) in [5, 5.41) is 0. The molecule has 0 aromatic heterocycles. The number of hydrogen-bond acceptors (Lipinski definition) is 2. The number of anilines is 1. The molecule has 1 aliphatic heterocycles.